The van der Waals surface area contributed by atoms with E-state index in [1.54, 1.807) is 24.3 Å². The van der Waals surface area contributed by atoms with Crippen molar-refractivity contribution in [1.29, 1.82) is 0 Å². The predicted octanol–water partition coefficient (Wildman–Crippen LogP) is 4.96. The lowest BCUT2D eigenvalue weighted by molar-refractivity contribution is 0.0106. The van der Waals surface area contributed by atoms with Crippen molar-refractivity contribution in [3.8, 4) is 0 Å². The van der Waals surface area contributed by atoms with E-state index in [1.165, 1.54) is 12.1 Å². The maximum absolute atomic E-state index is 14.0. The summed E-state index contributed by atoms with van der Waals surface area (Å²) in [6.45, 7) is 1.49. The standard InChI is InChI=1S/C15H14BrF2N/c1-11-6-5-9-13(14(11)16)19-10-15(17,18)12-7-3-2-4-8-12/h2-9,19H,10H2,1H3. The van der Waals surface area contributed by atoms with Gasteiger partial charge in [0, 0.05) is 15.7 Å². The SMILES string of the molecule is Cc1cccc(NCC(F)(F)c2ccccc2)c1Br. The summed E-state index contributed by atoms with van der Waals surface area (Å²) < 4.78 is 28.8. The highest BCUT2D eigenvalue weighted by Gasteiger charge is 2.31. The van der Waals surface area contributed by atoms with Gasteiger partial charge >= 0.3 is 0 Å². The summed E-state index contributed by atoms with van der Waals surface area (Å²) in [7, 11) is 0. The van der Waals surface area contributed by atoms with Crippen molar-refractivity contribution in [2.45, 2.75) is 12.8 Å². The topological polar surface area (TPSA) is 12.0 Å². The highest BCUT2D eigenvalue weighted by molar-refractivity contribution is 9.10. The van der Waals surface area contributed by atoms with Gasteiger partial charge in [0.15, 0.2) is 0 Å². The number of nitrogens with one attached hydrogen (secondary N) is 1. The van der Waals surface area contributed by atoms with Gasteiger partial charge in [0.25, 0.3) is 5.92 Å². The van der Waals surface area contributed by atoms with E-state index in [0.717, 1.165) is 10.0 Å². The van der Waals surface area contributed by atoms with Crippen molar-refractivity contribution in [2.24, 2.45) is 0 Å². The Kier molecular flexibility index (Phi) is 4.20. The Balaban J connectivity index is 2.12. The van der Waals surface area contributed by atoms with Crippen molar-refractivity contribution < 1.29 is 8.78 Å². The van der Waals surface area contributed by atoms with Gasteiger partial charge in [-0.05, 0) is 34.5 Å². The molecule has 19 heavy (non-hydrogen) atoms. The van der Waals surface area contributed by atoms with Crippen LogP contribution in [0.3, 0.4) is 0 Å². The number of hydrogen-bond acceptors (Lipinski definition) is 1. The van der Waals surface area contributed by atoms with Crippen LogP contribution in [0.25, 0.3) is 0 Å². The third-order valence-electron chi connectivity index (χ3n) is 2.89. The Bertz CT molecular complexity index is 555. The third kappa shape index (κ3) is 3.32. The van der Waals surface area contributed by atoms with Gasteiger partial charge in [-0.25, -0.2) is 0 Å². The van der Waals surface area contributed by atoms with Crippen LogP contribution in [0.2, 0.25) is 0 Å². The van der Waals surface area contributed by atoms with Crippen LogP contribution in [0.15, 0.2) is 53.0 Å². The van der Waals surface area contributed by atoms with Crippen molar-refractivity contribution in [3.63, 3.8) is 0 Å². The van der Waals surface area contributed by atoms with E-state index in [1.807, 2.05) is 19.1 Å². The van der Waals surface area contributed by atoms with Crippen molar-refractivity contribution in [1.82, 2.24) is 0 Å². The fourth-order valence-electron chi connectivity index (χ4n) is 1.77. The normalized spacial score (nSPS) is 11.4. The molecule has 2 aromatic carbocycles. The molecule has 0 heterocycles. The summed E-state index contributed by atoms with van der Waals surface area (Å²) in [6.07, 6.45) is 0. The van der Waals surface area contributed by atoms with Gasteiger partial charge in [-0.3, -0.25) is 0 Å². The van der Waals surface area contributed by atoms with E-state index in [-0.39, 0.29) is 5.56 Å². The van der Waals surface area contributed by atoms with Crippen molar-refractivity contribution in [2.75, 3.05) is 11.9 Å². The Labute approximate surface area is 119 Å². The molecule has 0 unspecified atom stereocenters. The lowest BCUT2D eigenvalue weighted by Gasteiger charge is -2.19. The lowest BCUT2D eigenvalue weighted by atomic mass is 10.1. The number of aryl methyl sites for hydroxylation is 1. The van der Waals surface area contributed by atoms with Crippen LogP contribution in [-0.2, 0) is 5.92 Å². The first kappa shape index (κ1) is 14.0. The third-order valence-corrected chi connectivity index (χ3v) is 3.94. The average Bonchev–Trinajstić information content (AvgIpc) is 2.41. The first-order valence-electron chi connectivity index (χ1n) is 5.93. The van der Waals surface area contributed by atoms with Crippen LogP contribution in [0.1, 0.15) is 11.1 Å². The molecular weight excluding hydrogens is 312 g/mol. The smallest absolute Gasteiger partial charge is 0.290 e. The molecule has 1 nitrogen and oxygen atoms in total. The minimum absolute atomic E-state index is 0.0197. The van der Waals surface area contributed by atoms with Crippen molar-refractivity contribution >= 4 is 21.6 Å². The molecule has 0 amide bonds. The monoisotopic (exact) mass is 325 g/mol. The summed E-state index contributed by atoms with van der Waals surface area (Å²) in [5.74, 6) is -2.90. The first-order valence-corrected chi connectivity index (χ1v) is 6.72. The van der Waals surface area contributed by atoms with Gasteiger partial charge in [-0.15, -0.1) is 0 Å². The van der Waals surface area contributed by atoms with Crippen LogP contribution in [0.4, 0.5) is 14.5 Å². The predicted molar refractivity (Wildman–Crippen MR) is 77.7 cm³/mol. The van der Waals surface area contributed by atoms with E-state index in [2.05, 4.69) is 21.2 Å². The first-order chi connectivity index (χ1) is 9.00. The van der Waals surface area contributed by atoms with Gasteiger partial charge < -0.3 is 5.32 Å². The molecule has 0 saturated heterocycles. The Morgan fingerprint density at radius 2 is 1.74 bits per heavy atom. The summed E-state index contributed by atoms with van der Waals surface area (Å²) in [6, 6.07) is 13.4. The van der Waals surface area contributed by atoms with E-state index in [0.29, 0.717) is 5.69 Å². The minimum atomic E-state index is -2.90. The molecular formula is C15H14BrF2N. The quantitative estimate of drug-likeness (QED) is 0.837. The van der Waals surface area contributed by atoms with E-state index in [9.17, 15) is 8.78 Å². The summed E-state index contributed by atoms with van der Waals surface area (Å²) in [4.78, 5) is 0. The van der Waals surface area contributed by atoms with Crippen LogP contribution < -0.4 is 5.32 Å². The van der Waals surface area contributed by atoms with Gasteiger partial charge in [-0.1, -0.05) is 42.5 Å². The van der Waals surface area contributed by atoms with Crippen LogP contribution in [0, 0.1) is 6.92 Å². The molecule has 2 rings (SSSR count). The van der Waals surface area contributed by atoms with Gasteiger partial charge in [0.1, 0.15) is 0 Å². The molecule has 0 saturated carbocycles. The number of hydrogen-bond donors (Lipinski definition) is 1. The van der Waals surface area contributed by atoms with Crippen LogP contribution in [-0.4, -0.2) is 6.54 Å². The number of benzene rings is 2. The maximum Gasteiger partial charge on any atom is 0.290 e. The van der Waals surface area contributed by atoms with Gasteiger partial charge in [0.2, 0.25) is 0 Å². The zero-order chi connectivity index (χ0) is 13.9. The Morgan fingerprint density at radius 3 is 2.42 bits per heavy atom. The summed E-state index contributed by atoms with van der Waals surface area (Å²) in [5.41, 5.74) is 1.70. The molecule has 0 aliphatic heterocycles. The van der Waals surface area contributed by atoms with E-state index >= 15 is 0 Å². The molecule has 0 aliphatic rings. The largest absolute Gasteiger partial charge is 0.378 e. The number of rotatable bonds is 4. The molecule has 0 radical (unpaired) electrons. The number of anilines is 1. The summed E-state index contributed by atoms with van der Waals surface area (Å²) in [5, 5.41) is 2.80. The summed E-state index contributed by atoms with van der Waals surface area (Å²) >= 11 is 3.40. The molecule has 0 aromatic heterocycles. The van der Waals surface area contributed by atoms with Crippen LogP contribution in [0.5, 0.6) is 0 Å². The number of alkyl halides is 2. The molecule has 1 N–H and O–H groups in total. The molecule has 4 heteroatoms. The van der Waals surface area contributed by atoms with E-state index in [4.69, 9.17) is 0 Å². The van der Waals surface area contributed by atoms with Crippen LogP contribution >= 0.6 is 15.9 Å². The highest BCUT2D eigenvalue weighted by atomic mass is 79.9. The Hall–Kier alpha value is -1.42. The second-order valence-electron chi connectivity index (χ2n) is 4.36. The maximum atomic E-state index is 14.0. The molecule has 0 aliphatic carbocycles. The zero-order valence-corrected chi connectivity index (χ0v) is 12.0. The van der Waals surface area contributed by atoms with E-state index < -0.39 is 12.5 Å². The van der Waals surface area contributed by atoms with Crippen molar-refractivity contribution in [3.05, 3.63) is 64.1 Å². The fourth-order valence-corrected chi connectivity index (χ4v) is 2.18. The molecule has 100 valence electrons. The number of halogens is 3. The Morgan fingerprint density at radius 1 is 1.05 bits per heavy atom. The molecule has 0 atom stereocenters. The molecule has 0 fully saturated rings. The molecule has 2 aromatic rings. The zero-order valence-electron chi connectivity index (χ0n) is 10.5. The second kappa shape index (κ2) is 5.70. The minimum Gasteiger partial charge on any atom is -0.378 e. The fraction of sp³-hybridized carbons (Fsp3) is 0.200. The lowest BCUT2D eigenvalue weighted by Crippen LogP contribution is -2.24. The average molecular weight is 326 g/mol. The molecule has 0 spiro atoms. The van der Waals surface area contributed by atoms with Gasteiger partial charge in [0.05, 0.1) is 6.54 Å². The van der Waals surface area contributed by atoms with Gasteiger partial charge in [-0.2, -0.15) is 8.78 Å². The molecule has 0 bridgehead atoms. The highest BCUT2D eigenvalue weighted by Crippen LogP contribution is 2.30. The second-order valence-corrected chi connectivity index (χ2v) is 5.15.